The van der Waals surface area contributed by atoms with Gasteiger partial charge in [-0.05, 0) is 53.6 Å². The van der Waals surface area contributed by atoms with Gasteiger partial charge in [-0.15, -0.1) is 0 Å². The van der Waals surface area contributed by atoms with Crippen molar-refractivity contribution < 1.29 is 22.8 Å². The van der Waals surface area contributed by atoms with Crippen molar-refractivity contribution in [1.82, 2.24) is 15.5 Å². The van der Waals surface area contributed by atoms with E-state index in [0.717, 1.165) is 0 Å². The highest BCUT2D eigenvalue weighted by atomic mass is 19.4. The van der Waals surface area contributed by atoms with Gasteiger partial charge in [-0.25, -0.2) is 0 Å². The molecule has 0 aliphatic carbocycles. The molecule has 23 heavy (non-hydrogen) atoms. The van der Waals surface area contributed by atoms with Gasteiger partial charge in [-0.3, -0.25) is 14.5 Å². The van der Waals surface area contributed by atoms with E-state index in [9.17, 15) is 22.8 Å². The summed E-state index contributed by atoms with van der Waals surface area (Å²) in [5.41, 5.74) is -0.318. The normalized spacial score (nSPS) is 19.3. The molecule has 1 fully saturated rings. The molecule has 134 valence electrons. The van der Waals surface area contributed by atoms with Gasteiger partial charge in [-0.1, -0.05) is 0 Å². The number of hydrogen-bond donors (Lipinski definition) is 2. The molecule has 2 N–H and O–H groups in total. The number of carbonyl (C=O) groups is 2. The SMILES string of the molecule is CC(C(=O)NC(C)(C)C)N1CCC(C(=O)NCC(F)(F)F)CC1. The Bertz CT molecular complexity index is 425. The zero-order chi connectivity index (χ0) is 17.8. The molecule has 5 nitrogen and oxygen atoms in total. The van der Waals surface area contributed by atoms with Crippen LogP contribution in [0.15, 0.2) is 0 Å². The van der Waals surface area contributed by atoms with Crippen molar-refractivity contribution >= 4 is 11.8 Å². The minimum atomic E-state index is -4.39. The standard InChI is InChI=1S/C15H26F3N3O2/c1-10(12(22)20-14(2,3)4)21-7-5-11(6-8-21)13(23)19-9-15(16,17)18/h10-11H,5-9H2,1-4H3,(H,19,23)(H,20,22). The van der Waals surface area contributed by atoms with Crippen LogP contribution in [-0.4, -0.2) is 54.1 Å². The van der Waals surface area contributed by atoms with Crippen molar-refractivity contribution in [3.05, 3.63) is 0 Å². The summed E-state index contributed by atoms with van der Waals surface area (Å²) in [5, 5.41) is 4.83. The van der Waals surface area contributed by atoms with E-state index in [1.807, 2.05) is 31.0 Å². The van der Waals surface area contributed by atoms with E-state index < -0.39 is 24.5 Å². The van der Waals surface area contributed by atoms with E-state index in [0.29, 0.717) is 25.9 Å². The Hall–Kier alpha value is -1.31. The lowest BCUT2D eigenvalue weighted by Gasteiger charge is -2.36. The molecule has 1 aliphatic rings. The molecule has 0 aromatic carbocycles. The fourth-order valence-electron chi connectivity index (χ4n) is 2.52. The lowest BCUT2D eigenvalue weighted by Crippen LogP contribution is -2.53. The van der Waals surface area contributed by atoms with Crippen LogP contribution in [0.25, 0.3) is 0 Å². The van der Waals surface area contributed by atoms with Crippen molar-refractivity contribution in [2.45, 2.75) is 58.3 Å². The average molecular weight is 337 g/mol. The van der Waals surface area contributed by atoms with E-state index in [1.165, 1.54) is 0 Å². The maximum atomic E-state index is 12.1. The van der Waals surface area contributed by atoms with Gasteiger partial charge in [0.15, 0.2) is 0 Å². The minimum Gasteiger partial charge on any atom is -0.350 e. The van der Waals surface area contributed by atoms with Gasteiger partial charge < -0.3 is 10.6 Å². The van der Waals surface area contributed by atoms with E-state index in [-0.39, 0.29) is 17.5 Å². The number of carbonyl (C=O) groups excluding carboxylic acids is 2. The summed E-state index contributed by atoms with van der Waals surface area (Å²) >= 11 is 0. The van der Waals surface area contributed by atoms with Gasteiger partial charge >= 0.3 is 6.18 Å². The molecular formula is C15H26F3N3O2. The molecule has 1 rings (SSSR count). The molecule has 1 saturated heterocycles. The summed E-state index contributed by atoms with van der Waals surface area (Å²) in [5.74, 6) is -1.07. The minimum absolute atomic E-state index is 0.0857. The van der Waals surface area contributed by atoms with E-state index in [4.69, 9.17) is 0 Å². The van der Waals surface area contributed by atoms with Crippen LogP contribution >= 0.6 is 0 Å². The van der Waals surface area contributed by atoms with Crippen LogP contribution < -0.4 is 10.6 Å². The molecule has 2 amide bonds. The Morgan fingerprint density at radius 3 is 2.13 bits per heavy atom. The van der Waals surface area contributed by atoms with Crippen LogP contribution in [-0.2, 0) is 9.59 Å². The molecule has 8 heteroatoms. The first-order valence-corrected chi connectivity index (χ1v) is 7.79. The summed E-state index contributed by atoms with van der Waals surface area (Å²) in [6.45, 7) is 7.23. The molecule has 0 radical (unpaired) electrons. The first-order chi connectivity index (χ1) is 10.4. The lowest BCUT2D eigenvalue weighted by molar-refractivity contribution is -0.142. The fraction of sp³-hybridized carbons (Fsp3) is 0.867. The first kappa shape index (κ1) is 19.7. The largest absolute Gasteiger partial charge is 0.405 e. The van der Waals surface area contributed by atoms with Crippen LogP contribution in [0.5, 0.6) is 0 Å². The summed E-state index contributed by atoms with van der Waals surface area (Å²) in [4.78, 5) is 25.8. The molecule has 1 unspecified atom stereocenters. The maximum absolute atomic E-state index is 12.1. The highest BCUT2D eigenvalue weighted by Gasteiger charge is 2.33. The molecular weight excluding hydrogens is 311 g/mol. The molecule has 0 spiro atoms. The number of alkyl halides is 3. The second kappa shape index (κ2) is 7.51. The molecule has 0 saturated carbocycles. The van der Waals surface area contributed by atoms with Gasteiger partial charge in [0, 0.05) is 11.5 Å². The Labute approximate surface area is 135 Å². The van der Waals surface area contributed by atoms with Gasteiger partial charge in [0.2, 0.25) is 11.8 Å². The van der Waals surface area contributed by atoms with E-state index in [2.05, 4.69) is 5.32 Å². The van der Waals surface area contributed by atoms with Crippen LogP contribution in [0.3, 0.4) is 0 Å². The smallest absolute Gasteiger partial charge is 0.350 e. The molecule has 0 aromatic heterocycles. The summed E-state index contributed by atoms with van der Waals surface area (Å²) in [7, 11) is 0. The van der Waals surface area contributed by atoms with E-state index in [1.54, 1.807) is 6.92 Å². The van der Waals surface area contributed by atoms with Gasteiger partial charge in [0.25, 0.3) is 0 Å². The molecule has 1 aliphatic heterocycles. The lowest BCUT2D eigenvalue weighted by atomic mass is 9.94. The van der Waals surface area contributed by atoms with Gasteiger partial charge in [0.05, 0.1) is 6.04 Å². The zero-order valence-electron chi connectivity index (χ0n) is 14.1. The third kappa shape index (κ3) is 7.20. The zero-order valence-corrected chi connectivity index (χ0v) is 14.1. The van der Waals surface area contributed by atoms with Crippen molar-refractivity contribution in [2.24, 2.45) is 5.92 Å². The molecule has 0 aromatic rings. The predicted molar refractivity (Wildman–Crippen MR) is 80.7 cm³/mol. The third-order valence-corrected chi connectivity index (χ3v) is 3.79. The van der Waals surface area contributed by atoms with Crippen LogP contribution in [0, 0.1) is 5.92 Å². The topological polar surface area (TPSA) is 61.4 Å². The predicted octanol–water partition coefficient (Wildman–Crippen LogP) is 1.68. The number of piperidine rings is 1. The fourth-order valence-corrected chi connectivity index (χ4v) is 2.52. The number of halogens is 3. The van der Waals surface area contributed by atoms with Crippen LogP contribution in [0.1, 0.15) is 40.5 Å². The van der Waals surface area contributed by atoms with Crippen molar-refractivity contribution in [3.8, 4) is 0 Å². The summed E-state index contributed by atoms with van der Waals surface area (Å²) < 4.78 is 36.3. The van der Waals surface area contributed by atoms with E-state index >= 15 is 0 Å². The Kier molecular flexibility index (Phi) is 6.44. The summed E-state index contributed by atoms with van der Waals surface area (Å²) in [6.07, 6.45) is -3.48. The highest BCUT2D eigenvalue weighted by Crippen LogP contribution is 2.20. The quantitative estimate of drug-likeness (QED) is 0.820. The molecule has 0 bridgehead atoms. The Morgan fingerprint density at radius 1 is 1.17 bits per heavy atom. The van der Waals surface area contributed by atoms with Crippen molar-refractivity contribution in [2.75, 3.05) is 19.6 Å². The Morgan fingerprint density at radius 2 is 1.70 bits per heavy atom. The Balaban J connectivity index is 2.43. The van der Waals surface area contributed by atoms with Crippen molar-refractivity contribution in [3.63, 3.8) is 0 Å². The van der Waals surface area contributed by atoms with Crippen LogP contribution in [0.2, 0.25) is 0 Å². The van der Waals surface area contributed by atoms with Crippen LogP contribution in [0.4, 0.5) is 13.2 Å². The maximum Gasteiger partial charge on any atom is 0.405 e. The molecule has 1 atom stereocenters. The number of rotatable bonds is 4. The third-order valence-electron chi connectivity index (χ3n) is 3.79. The monoisotopic (exact) mass is 337 g/mol. The summed E-state index contributed by atoms with van der Waals surface area (Å²) in [6, 6.07) is -0.326. The number of hydrogen-bond acceptors (Lipinski definition) is 3. The number of likely N-dealkylation sites (tertiary alicyclic amines) is 1. The second-order valence-electron chi connectivity index (χ2n) is 7.06. The average Bonchev–Trinajstić information content (AvgIpc) is 2.41. The number of nitrogens with zero attached hydrogens (tertiary/aromatic N) is 1. The highest BCUT2D eigenvalue weighted by molar-refractivity contribution is 5.82. The van der Waals surface area contributed by atoms with Gasteiger partial charge in [-0.2, -0.15) is 13.2 Å². The number of nitrogens with one attached hydrogen (secondary N) is 2. The van der Waals surface area contributed by atoms with Crippen molar-refractivity contribution in [1.29, 1.82) is 0 Å². The first-order valence-electron chi connectivity index (χ1n) is 7.79. The number of amides is 2. The van der Waals surface area contributed by atoms with Gasteiger partial charge in [0.1, 0.15) is 6.54 Å². The second-order valence-corrected chi connectivity index (χ2v) is 7.06. The molecule has 1 heterocycles.